The van der Waals surface area contributed by atoms with Gasteiger partial charge in [-0.2, -0.15) is 0 Å². The summed E-state index contributed by atoms with van der Waals surface area (Å²) in [7, 11) is 3.78. The smallest absolute Gasteiger partial charge is 0.122 e. The second-order valence-corrected chi connectivity index (χ2v) is 5.73. The average Bonchev–Trinajstić information content (AvgIpc) is 2.48. The zero-order chi connectivity index (χ0) is 14.4. The van der Waals surface area contributed by atoms with Gasteiger partial charge < -0.3 is 14.8 Å². The second-order valence-electron chi connectivity index (χ2n) is 5.73. The van der Waals surface area contributed by atoms with E-state index >= 15 is 0 Å². The summed E-state index contributed by atoms with van der Waals surface area (Å²) in [5.74, 6) is 0.986. The van der Waals surface area contributed by atoms with Crippen LogP contribution < -0.4 is 10.1 Å². The predicted octanol–water partition coefficient (Wildman–Crippen LogP) is 3.09. The highest BCUT2D eigenvalue weighted by Crippen LogP contribution is 2.24. The quantitative estimate of drug-likeness (QED) is 0.866. The molecule has 1 aromatic carbocycles. The molecule has 2 atom stereocenters. The molecule has 1 aromatic rings. The van der Waals surface area contributed by atoms with Crippen LogP contribution in [0, 0.1) is 6.92 Å². The Morgan fingerprint density at radius 3 is 2.90 bits per heavy atom. The van der Waals surface area contributed by atoms with Gasteiger partial charge in [0, 0.05) is 12.6 Å². The van der Waals surface area contributed by atoms with E-state index in [0.29, 0.717) is 12.1 Å². The van der Waals surface area contributed by atoms with Crippen molar-refractivity contribution in [3.8, 4) is 5.75 Å². The normalized spacial score (nSPS) is 20.6. The summed E-state index contributed by atoms with van der Waals surface area (Å²) >= 11 is 0. The van der Waals surface area contributed by atoms with E-state index in [1.54, 1.807) is 7.11 Å². The van der Waals surface area contributed by atoms with Crippen LogP contribution in [-0.4, -0.2) is 32.9 Å². The molecule has 1 fully saturated rings. The fraction of sp³-hybridized carbons (Fsp3) is 0.647. The Labute approximate surface area is 122 Å². The molecule has 1 aliphatic heterocycles. The van der Waals surface area contributed by atoms with Crippen molar-refractivity contribution in [3.05, 3.63) is 29.3 Å². The van der Waals surface area contributed by atoms with E-state index in [1.165, 1.54) is 30.4 Å². The molecule has 20 heavy (non-hydrogen) atoms. The Morgan fingerprint density at radius 1 is 1.40 bits per heavy atom. The molecule has 0 bridgehead atoms. The van der Waals surface area contributed by atoms with Gasteiger partial charge in [0.2, 0.25) is 0 Å². The summed E-state index contributed by atoms with van der Waals surface area (Å²) in [5.41, 5.74) is 2.56. The van der Waals surface area contributed by atoms with E-state index in [-0.39, 0.29) is 0 Å². The zero-order valence-corrected chi connectivity index (χ0v) is 12.9. The minimum atomic E-state index is 0.414. The van der Waals surface area contributed by atoms with E-state index in [4.69, 9.17) is 9.47 Å². The molecule has 0 spiro atoms. The number of hydrogen-bond acceptors (Lipinski definition) is 3. The fourth-order valence-corrected chi connectivity index (χ4v) is 2.95. The Bertz CT molecular complexity index is 413. The number of likely N-dealkylation sites (N-methyl/N-ethyl adjacent to an activating group) is 1. The maximum atomic E-state index is 5.86. The van der Waals surface area contributed by atoms with Crippen molar-refractivity contribution in [2.24, 2.45) is 0 Å². The number of nitrogens with one attached hydrogen (secondary N) is 1. The molecule has 0 radical (unpaired) electrons. The lowest BCUT2D eigenvalue weighted by Gasteiger charge is -2.27. The zero-order valence-electron chi connectivity index (χ0n) is 12.9. The lowest BCUT2D eigenvalue weighted by molar-refractivity contribution is 0.00566. The van der Waals surface area contributed by atoms with Gasteiger partial charge in [-0.3, -0.25) is 0 Å². The van der Waals surface area contributed by atoms with Gasteiger partial charge in [-0.15, -0.1) is 0 Å². The highest BCUT2D eigenvalue weighted by Gasteiger charge is 2.20. The van der Waals surface area contributed by atoms with Crippen molar-refractivity contribution < 1.29 is 9.47 Å². The number of ether oxygens (including phenoxy) is 2. The van der Waals surface area contributed by atoms with Gasteiger partial charge in [-0.05, 0) is 57.7 Å². The van der Waals surface area contributed by atoms with Gasteiger partial charge in [0.1, 0.15) is 5.75 Å². The standard InChI is InChI=1S/C17H27NO2/c1-13-7-8-17(19-3)14(10-13)11-15(18-2)12-16-6-4-5-9-20-16/h7-8,10,15-16,18H,4-6,9,11-12H2,1-3H3. The third-order valence-corrected chi connectivity index (χ3v) is 4.13. The van der Waals surface area contributed by atoms with Crippen LogP contribution in [0.5, 0.6) is 5.75 Å². The third-order valence-electron chi connectivity index (χ3n) is 4.13. The molecular formula is C17H27NO2. The van der Waals surface area contributed by atoms with Crippen molar-refractivity contribution in [2.75, 3.05) is 20.8 Å². The van der Waals surface area contributed by atoms with Gasteiger partial charge in [-0.1, -0.05) is 17.7 Å². The first-order chi connectivity index (χ1) is 9.72. The summed E-state index contributed by atoms with van der Waals surface area (Å²) in [6.07, 6.45) is 6.19. The topological polar surface area (TPSA) is 30.5 Å². The molecule has 112 valence electrons. The summed E-state index contributed by atoms with van der Waals surface area (Å²) in [6, 6.07) is 6.83. The molecule has 3 nitrogen and oxygen atoms in total. The maximum Gasteiger partial charge on any atom is 0.122 e. The van der Waals surface area contributed by atoms with E-state index in [0.717, 1.165) is 25.2 Å². The van der Waals surface area contributed by atoms with Crippen LogP contribution in [0.15, 0.2) is 18.2 Å². The largest absolute Gasteiger partial charge is 0.496 e. The summed E-state index contributed by atoms with van der Waals surface area (Å²) in [5, 5.41) is 3.43. The third kappa shape index (κ3) is 4.22. The molecule has 0 aliphatic carbocycles. The molecule has 1 aliphatic rings. The van der Waals surface area contributed by atoms with E-state index in [1.807, 2.05) is 7.05 Å². The Kier molecular flexibility index (Phi) is 5.86. The van der Waals surface area contributed by atoms with Crippen LogP contribution in [-0.2, 0) is 11.2 Å². The molecule has 0 aromatic heterocycles. The number of rotatable bonds is 6. The second kappa shape index (κ2) is 7.65. The molecule has 1 N–H and O–H groups in total. The fourth-order valence-electron chi connectivity index (χ4n) is 2.95. The summed E-state index contributed by atoms with van der Waals surface area (Å²) in [4.78, 5) is 0. The van der Waals surface area contributed by atoms with Crippen LogP contribution >= 0.6 is 0 Å². The number of aryl methyl sites for hydroxylation is 1. The number of methoxy groups -OCH3 is 1. The summed E-state index contributed by atoms with van der Waals surface area (Å²) in [6.45, 7) is 3.05. The van der Waals surface area contributed by atoms with Crippen molar-refractivity contribution in [1.82, 2.24) is 5.32 Å². The Balaban J connectivity index is 1.99. The Hall–Kier alpha value is -1.06. The van der Waals surface area contributed by atoms with E-state index < -0.39 is 0 Å². The first-order valence-electron chi connectivity index (χ1n) is 7.65. The minimum absolute atomic E-state index is 0.414. The highest BCUT2D eigenvalue weighted by molar-refractivity contribution is 5.37. The molecule has 0 saturated carbocycles. The molecule has 2 rings (SSSR count). The van der Waals surface area contributed by atoms with Crippen molar-refractivity contribution in [1.29, 1.82) is 0 Å². The maximum absolute atomic E-state index is 5.86. The lowest BCUT2D eigenvalue weighted by atomic mass is 9.96. The van der Waals surface area contributed by atoms with Crippen LogP contribution in [0.25, 0.3) is 0 Å². The van der Waals surface area contributed by atoms with Gasteiger partial charge in [0.15, 0.2) is 0 Å². The van der Waals surface area contributed by atoms with E-state index in [2.05, 4.69) is 30.4 Å². The van der Waals surface area contributed by atoms with Crippen LogP contribution in [0.3, 0.4) is 0 Å². The summed E-state index contributed by atoms with van der Waals surface area (Å²) < 4.78 is 11.3. The lowest BCUT2D eigenvalue weighted by Crippen LogP contribution is -2.34. The molecular weight excluding hydrogens is 250 g/mol. The number of hydrogen-bond donors (Lipinski definition) is 1. The predicted molar refractivity (Wildman–Crippen MR) is 82.5 cm³/mol. The number of benzene rings is 1. The first-order valence-corrected chi connectivity index (χ1v) is 7.65. The SMILES string of the molecule is CNC(Cc1cc(C)ccc1OC)CC1CCCCO1. The van der Waals surface area contributed by atoms with Crippen LogP contribution in [0.1, 0.15) is 36.8 Å². The van der Waals surface area contributed by atoms with Gasteiger partial charge in [-0.25, -0.2) is 0 Å². The molecule has 1 heterocycles. The monoisotopic (exact) mass is 277 g/mol. The molecule has 0 amide bonds. The minimum Gasteiger partial charge on any atom is -0.496 e. The van der Waals surface area contributed by atoms with Gasteiger partial charge in [0.25, 0.3) is 0 Å². The van der Waals surface area contributed by atoms with Gasteiger partial charge >= 0.3 is 0 Å². The first kappa shape index (κ1) is 15.3. The van der Waals surface area contributed by atoms with Crippen LogP contribution in [0.4, 0.5) is 0 Å². The van der Waals surface area contributed by atoms with Gasteiger partial charge in [0.05, 0.1) is 13.2 Å². The van der Waals surface area contributed by atoms with Crippen LogP contribution in [0.2, 0.25) is 0 Å². The van der Waals surface area contributed by atoms with Crippen molar-refractivity contribution in [2.45, 2.75) is 51.2 Å². The van der Waals surface area contributed by atoms with Crippen molar-refractivity contribution >= 4 is 0 Å². The highest BCUT2D eigenvalue weighted by atomic mass is 16.5. The molecule has 1 saturated heterocycles. The average molecular weight is 277 g/mol. The van der Waals surface area contributed by atoms with E-state index in [9.17, 15) is 0 Å². The molecule has 2 unspecified atom stereocenters. The molecule has 3 heteroatoms. The van der Waals surface area contributed by atoms with Crippen molar-refractivity contribution in [3.63, 3.8) is 0 Å². The Morgan fingerprint density at radius 2 is 2.25 bits per heavy atom.